The summed E-state index contributed by atoms with van der Waals surface area (Å²) < 4.78 is 3.15. The molecule has 0 amide bonds. The summed E-state index contributed by atoms with van der Waals surface area (Å²) in [5.74, 6) is 0. The Balaban J connectivity index is 2.56. The molecule has 0 atom stereocenters. The zero-order valence-electron chi connectivity index (χ0n) is 11.1. The molecule has 1 heteroatoms. The van der Waals surface area contributed by atoms with E-state index >= 15 is 0 Å². The molecule has 1 heterocycles. The molecule has 0 fully saturated rings. The molecule has 0 aliphatic carbocycles. The van der Waals surface area contributed by atoms with Gasteiger partial charge in [0.2, 0.25) is 0 Å². The molecule has 86 valence electrons. The molecule has 1 aromatic carbocycles. The molecular weight excluding hydrogens is 299 g/mol. The Morgan fingerprint density at radius 2 is 1.69 bits per heavy atom. The third-order valence-corrected chi connectivity index (χ3v) is 13.8. The Kier molecular flexibility index (Phi) is 2.98. The standard InChI is InChI=1S/C13H16.2CH3.Sn/c1-11-7-5-6-8-12(11)9-10-13(2,3)4;;;/h5-9H,1H2,2-4H3;2*1H3;. The molecule has 0 nitrogen and oxygen atoms in total. The Morgan fingerprint density at radius 3 is 2.31 bits per heavy atom. The first-order valence-electron chi connectivity index (χ1n) is 6.11. The van der Waals surface area contributed by atoms with Crippen molar-refractivity contribution in [2.45, 2.75) is 35.1 Å². The number of hydrogen-bond donors (Lipinski definition) is 0. The zero-order chi connectivity index (χ0) is 12.0. The Hall–Kier alpha value is -0.241. The van der Waals surface area contributed by atoms with E-state index in [2.05, 4.69) is 61.0 Å². The van der Waals surface area contributed by atoms with Crippen LogP contribution in [0.5, 0.6) is 0 Å². The van der Waals surface area contributed by atoms with Gasteiger partial charge in [0.25, 0.3) is 0 Å². The first-order chi connectivity index (χ1) is 7.31. The zero-order valence-corrected chi connectivity index (χ0v) is 13.9. The summed E-state index contributed by atoms with van der Waals surface area (Å²) in [6.45, 7) is 7.10. The van der Waals surface area contributed by atoms with Crippen molar-refractivity contribution in [2.75, 3.05) is 0 Å². The molecule has 0 radical (unpaired) electrons. The predicted octanol–water partition coefficient (Wildman–Crippen LogP) is 4.46. The fraction of sp³-hybridized carbons (Fsp3) is 0.467. The minimum absolute atomic E-state index is 0.354. The van der Waals surface area contributed by atoms with Crippen molar-refractivity contribution in [1.29, 1.82) is 0 Å². The fourth-order valence-electron chi connectivity index (χ4n) is 2.99. The summed E-state index contributed by atoms with van der Waals surface area (Å²) in [6, 6.07) is 8.91. The molecule has 0 N–H and O–H groups in total. The monoisotopic (exact) mass is 322 g/mol. The van der Waals surface area contributed by atoms with Crippen LogP contribution in [0.4, 0.5) is 0 Å². The normalized spacial score (nSPS) is 18.9. The average Bonchev–Trinajstić information content (AvgIpc) is 2.13. The van der Waals surface area contributed by atoms with Crippen LogP contribution in [0.2, 0.25) is 9.88 Å². The van der Waals surface area contributed by atoms with Gasteiger partial charge in [-0.2, -0.15) is 0 Å². The van der Waals surface area contributed by atoms with Crippen LogP contribution in [-0.4, -0.2) is 18.4 Å². The van der Waals surface area contributed by atoms with E-state index in [1.807, 2.05) is 0 Å². The predicted molar refractivity (Wildman–Crippen MR) is 75.1 cm³/mol. The van der Waals surface area contributed by atoms with Crippen LogP contribution in [0.15, 0.2) is 27.9 Å². The molecule has 0 unspecified atom stereocenters. The third-order valence-electron chi connectivity index (χ3n) is 3.52. The van der Waals surface area contributed by atoms with Crippen molar-refractivity contribution in [3.05, 3.63) is 39.0 Å². The minimum atomic E-state index is -2.03. The SMILES string of the molecule is CC(C)(C)[C]1=Cc2ccccc2[CH2][Sn]1([CH3])[CH3]. The molecule has 0 saturated carbocycles. The number of benzene rings is 1. The van der Waals surface area contributed by atoms with E-state index in [9.17, 15) is 0 Å². The van der Waals surface area contributed by atoms with Crippen molar-refractivity contribution >= 4 is 24.5 Å². The van der Waals surface area contributed by atoms with Gasteiger partial charge in [-0.25, -0.2) is 0 Å². The van der Waals surface area contributed by atoms with Gasteiger partial charge in [-0.1, -0.05) is 0 Å². The van der Waals surface area contributed by atoms with Crippen LogP contribution in [0.25, 0.3) is 6.08 Å². The van der Waals surface area contributed by atoms with Crippen molar-refractivity contribution < 1.29 is 0 Å². The quantitative estimate of drug-likeness (QED) is 0.619. The second-order valence-electron chi connectivity index (χ2n) is 6.57. The van der Waals surface area contributed by atoms with Gasteiger partial charge in [0.1, 0.15) is 0 Å². The number of fused-ring (bicyclic) bond motifs is 1. The van der Waals surface area contributed by atoms with Gasteiger partial charge in [0, 0.05) is 0 Å². The molecule has 1 aromatic rings. The van der Waals surface area contributed by atoms with Gasteiger partial charge in [0.15, 0.2) is 0 Å². The summed E-state index contributed by atoms with van der Waals surface area (Å²) in [4.78, 5) is 5.14. The topological polar surface area (TPSA) is 0 Å². The van der Waals surface area contributed by atoms with E-state index in [-0.39, 0.29) is 0 Å². The summed E-state index contributed by atoms with van der Waals surface area (Å²) >= 11 is -2.03. The molecular formula is C15H22Sn. The van der Waals surface area contributed by atoms with E-state index in [4.69, 9.17) is 0 Å². The first-order valence-corrected chi connectivity index (χ1v) is 15.3. The Bertz CT molecular complexity index is 433. The maximum absolute atomic E-state index is 2.57. The average molecular weight is 321 g/mol. The molecule has 0 bridgehead atoms. The summed E-state index contributed by atoms with van der Waals surface area (Å²) in [7, 11) is 0. The third kappa shape index (κ3) is 2.22. The van der Waals surface area contributed by atoms with Crippen LogP contribution in [0.1, 0.15) is 31.9 Å². The molecule has 0 spiro atoms. The second-order valence-corrected chi connectivity index (χ2v) is 19.9. The first kappa shape index (κ1) is 12.2. The van der Waals surface area contributed by atoms with E-state index in [1.165, 1.54) is 10.0 Å². The van der Waals surface area contributed by atoms with Crippen molar-refractivity contribution in [3.63, 3.8) is 0 Å². The Morgan fingerprint density at radius 1 is 1.06 bits per heavy atom. The van der Waals surface area contributed by atoms with Crippen LogP contribution in [0, 0.1) is 5.41 Å². The van der Waals surface area contributed by atoms with Gasteiger partial charge in [-0.15, -0.1) is 0 Å². The van der Waals surface area contributed by atoms with Gasteiger partial charge in [0.05, 0.1) is 0 Å². The molecule has 0 saturated heterocycles. The number of allylic oxidation sites excluding steroid dienone is 1. The summed E-state index contributed by atoms with van der Waals surface area (Å²) in [5, 5.41) is 0. The molecule has 2 rings (SSSR count). The van der Waals surface area contributed by atoms with Crippen LogP contribution < -0.4 is 0 Å². The van der Waals surface area contributed by atoms with Crippen molar-refractivity contribution in [2.24, 2.45) is 5.41 Å². The van der Waals surface area contributed by atoms with Crippen molar-refractivity contribution in [3.8, 4) is 0 Å². The Labute approximate surface area is 104 Å². The molecule has 1 aliphatic heterocycles. The fourth-order valence-corrected chi connectivity index (χ4v) is 14.5. The van der Waals surface area contributed by atoms with E-state index in [1.54, 1.807) is 9.15 Å². The van der Waals surface area contributed by atoms with Crippen LogP contribution in [0.3, 0.4) is 0 Å². The summed E-state index contributed by atoms with van der Waals surface area (Å²) in [5.41, 5.74) is 3.40. The summed E-state index contributed by atoms with van der Waals surface area (Å²) in [6.07, 6.45) is 2.49. The van der Waals surface area contributed by atoms with Gasteiger partial charge < -0.3 is 0 Å². The van der Waals surface area contributed by atoms with Crippen molar-refractivity contribution in [1.82, 2.24) is 0 Å². The van der Waals surface area contributed by atoms with Crippen LogP contribution in [-0.2, 0) is 4.44 Å². The van der Waals surface area contributed by atoms with E-state index in [0.29, 0.717) is 5.41 Å². The van der Waals surface area contributed by atoms with Gasteiger partial charge >= 0.3 is 104 Å². The van der Waals surface area contributed by atoms with E-state index < -0.39 is 18.4 Å². The number of hydrogen-bond acceptors (Lipinski definition) is 0. The number of rotatable bonds is 0. The van der Waals surface area contributed by atoms with Crippen LogP contribution >= 0.6 is 0 Å². The second kappa shape index (κ2) is 3.90. The molecule has 1 aliphatic rings. The molecule has 16 heavy (non-hydrogen) atoms. The van der Waals surface area contributed by atoms with E-state index in [0.717, 1.165) is 0 Å². The molecule has 0 aromatic heterocycles. The maximum atomic E-state index is 2.57. The van der Waals surface area contributed by atoms with Gasteiger partial charge in [-0.05, 0) is 0 Å². The van der Waals surface area contributed by atoms with Gasteiger partial charge in [-0.3, -0.25) is 0 Å².